The standard InChI is InChI=1S/C13H20N2O4S.C2HF3O2/c1-20(16,17)14-11-9-15(8-10-4-2-6-18-10)12-5-3-7-19-13(11)12;3-2(4,5)1(6)7/h2,4,6,11-14H,3,5,7-9H2,1H3;(H,6,7)/t11-,12-,13-;/m1./s1. The zero-order valence-corrected chi connectivity index (χ0v) is 15.3. The number of hydrogen-bond acceptors (Lipinski definition) is 6. The number of ether oxygens (including phenoxy) is 1. The molecule has 2 saturated heterocycles. The minimum absolute atomic E-state index is 0.0616. The van der Waals surface area contributed by atoms with E-state index >= 15 is 0 Å². The van der Waals surface area contributed by atoms with Crippen molar-refractivity contribution in [1.82, 2.24) is 9.62 Å². The monoisotopic (exact) mass is 414 g/mol. The van der Waals surface area contributed by atoms with Gasteiger partial charge in [-0.15, -0.1) is 0 Å². The van der Waals surface area contributed by atoms with Crippen molar-refractivity contribution >= 4 is 16.0 Å². The van der Waals surface area contributed by atoms with E-state index in [2.05, 4.69) is 9.62 Å². The number of carboxylic acid groups (broad SMARTS) is 1. The summed E-state index contributed by atoms with van der Waals surface area (Å²) in [5.41, 5.74) is 0. The van der Waals surface area contributed by atoms with Gasteiger partial charge in [0.05, 0.1) is 31.2 Å². The Balaban J connectivity index is 0.000000321. The van der Waals surface area contributed by atoms with Gasteiger partial charge in [0.2, 0.25) is 10.0 Å². The fourth-order valence-corrected chi connectivity index (χ4v) is 3.98. The van der Waals surface area contributed by atoms with Crippen LogP contribution in [-0.2, 0) is 26.1 Å². The molecule has 3 heterocycles. The molecule has 0 unspecified atom stereocenters. The quantitative estimate of drug-likeness (QED) is 0.762. The fourth-order valence-electron chi connectivity index (χ4n) is 3.22. The van der Waals surface area contributed by atoms with Crippen LogP contribution in [0.4, 0.5) is 13.2 Å². The summed E-state index contributed by atoms with van der Waals surface area (Å²) in [6.45, 7) is 2.06. The Bertz CT molecular complexity index is 722. The zero-order valence-electron chi connectivity index (χ0n) is 14.5. The van der Waals surface area contributed by atoms with Crippen LogP contribution in [0.25, 0.3) is 0 Å². The molecule has 0 amide bonds. The smallest absolute Gasteiger partial charge is 0.475 e. The van der Waals surface area contributed by atoms with Crippen molar-refractivity contribution in [2.75, 3.05) is 19.4 Å². The van der Waals surface area contributed by atoms with Gasteiger partial charge in [-0.1, -0.05) is 0 Å². The summed E-state index contributed by atoms with van der Waals surface area (Å²) in [5, 5.41) is 7.12. The first kappa shape index (κ1) is 21.7. The average molecular weight is 414 g/mol. The van der Waals surface area contributed by atoms with Crippen LogP contribution in [0.3, 0.4) is 0 Å². The van der Waals surface area contributed by atoms with E-state index < -0.39 is 22.2 Å². The number of carbonyl (C=O) groups is 1. The number of fused-ring (bicyclic) bond motifs is 1. The van der Waals surface area contributed by atoms with Gasteiger partial charge in [-0.3, -0.25) is 4.90 Å². The zero-order chi connectivity index (χ0) is 20.2. The third-order valence-electron chi connectivity index (χ3n) is 4.18. The molecule has 2 N–H and O–H groups in total. The SMILES string of the molecule is CS(=O)(=O)N[C@@H]1CN(Cc2ccco2)[C@@H]2CCCO[C@@H]21.O=C(O)C(F)(F)F. The first-order valence-electron chi connectivity index (χ1n) is 8.13. The molecule has 3 rings (SSSR count). The number of carboxylic acids is 1. The Morgan fingerprint density at radius 3 is 2.63 bits per heavy atom. The predicted octanol–water partition coefficient (Wildman–Crippen LogP) is 1.19. The second-order valence-electron chi connectivity index (χ2n) is 6.35. The van der Waals surface area contributed by atoms with Crippen LogP contribution >= 0.6 is 0 Å². The lowest BCUT2D eigenvalue weighted by Crippen LogP contribution is -2.47. The number of alkyl halides is 3. The molecule has 0 aromatic carbocycles. The van der Waals surface area contributed by atoms with Crippen molar-refractivity contribution in [2.45, 2.75) is 43.8 Å². The van der Waals surface area contributed by atoms with Crippen LogP contribution in [0, 0.1) is 0 Å². The number of rotatable bonds is 4. The van der Waals surface area contributed by atoms with E-state index in [0.29, 0.717) is 19.7 Å². The van der Waals surface area contributed by atoms with Gasteiger partial charge in [-0.2, -0.15) is 13.2 Å². The molecular formula is C15H21F3N2O6S. The van der Waals surface area contributed by atoms with Crippen LogP contribution < -0.4 is 4.72 Å². The largest absolute Gasteiger partial charge is 0.490 e. The van der Waals surface area contributed by atoms with Gasteiger partial charge < -0.3 is 14.3 Å². The van der Waals surface area contributed by atoms with Gasteiger partial charge in [0.25, 0.3) is 0 Å². The summed E-state index contributed by atoms with van der Waals surface area (Å²) in [5.74, 6) is -1.86. The number of furan rings is 1. The van der Waals surface area contributed by atoms with Gasteiger partial charge in [0, 0.05) is 19.2 Å². The number of likely N-dealkylation sites (tertiary alicyclic amines) is 1. The fraction of sp³-hybridized carbons (Fsp3) is 0.667. The maximum absolute atomic E-state index is 11.5. The molecule has 2 fully saturated rings. The lowest BCUT2D eigenvalue weighted by molar-refractivity contribution is -0.192. The van der Waals surface area contributed by atoms with Crippen LogP contribution in [0.1, 0.15) is 18.6 Å². The molecule has 1 aromatic heterocycles. The second kappa shape index (κ2) is 8.59. The number of aliphatic carboxylic acids is 1. The minimum atomic E-state index is -5.08. The Labute approximate surface area is 154 Å². The first-order chi connectivity index (χ1) is 12.5. The highest BCUT2D eigenvalue weighted by molar-refractivity contribution is 7.88. The minimum Gasteiger partial charge on any atom is -0.475 e. The lowest BCUT2D eigenvalue weighted by atomic mass is 10.0. The summed E-state index contributed by atoms with van der Waals surface area (Å²) in [7, 11) is -3.22. The summed E-state index contributed by atoms with van der Waals surface area (Å²) in [6, 6.07) is 3.89. The van der Waals surface area contributed by atoms with Crippen molar-refractivity contribution in [2.24, 2.45) is 0 Å². The van der Waals surface area contributed by atoms with Crippen LogP contribution in [0.5, 0.6) is 0 Å². The molecular weight excluding hydrogens is 393 g/mol. The topological polar surface area (TPSA) is 109 Å². The van der Waals surface area contributed by atoms with E-state index in [1.54, 1.807) is 6.26 Å². The van der Waals surface area contributed by atoms with Crippen molar-refractivity contribution in [3.8, 4) is 0 Å². The number of nitrogens with zero attached hydrogens (tertiary/aromatic N) is 1. The van der Waals surface area contributed by atoms with Gasteiger partial charge >= 0.3 is 12.1 Å². The highest BCUT2D eigenvalue weighted by Crippen LogP contribution is 2.30. The van der Waals surface area contributed by atoms with Gasteiger partial charge in [-0.05, 0) is 25.0 Å². The number of sulfonamides is 1. The molecule has 2 aliphatic heterocycles. The maximum Gasteiger partial charge on any atom is 0.490 e. The van der Waals surface area contributed by atoms with E-state index in [-0.39, 0.29) is 18.2 Å². The van der Waals surface area contributed by atoms with Crippen molar-refractivity contribution < 1.29 is 40.6 Å². The van der Waals surface area contributed by atoms with E-state index in [9.17, 15) is 21.6 Å². The maximum atomic E-state index is 11.5. The molecule has 0 spiro atoms. The predicted molar refractivity (Wildman–Crippen MR) is 87.3 cm³/mol. The lowest BCUT2D eigenvalue weighted by Gasteiger charge is -2.32. The van der Waals surface area contributed by atoms with E-state index in [1.807, 2.05) is 12.1 Å². The molecule has 27 heavy (non-hydrogen) atoms. The second-order valence-corrected chi connectivity index (χ2v) is 8.13. The summed E-state index contributed by atoms with van der Waals surface area (Å²) in [6.07, 6.45) is -0.241. The third-order valence-corrected chi connectivity index (χ3v) is 4.91. The van der Waals surface area contributed by atoms with Crippen molar-refractivity contribution in [1.29, 1.82) is 0 Å². The summed E-state index contributed by atoms with van der Waals surface area (Å²) < 4.78 is 68.6. The first-order valence-corrected chi connectivity index (χ1v) is 10.0. The Hall–Kier alpha value is -1.63. The highest BCUT2D eigenvalue weighted by Gasteiger charge is 2.45. The number of halogens is 3. The van der Waals surface area contributed by atoms with Crippen molar-refractivity contribution in [3.63, 3.8) is 0 Å². The van der Waals surface area contributed by atoms with Crippen molar-refractivity contribution in [3.05, 3.63) is 24.2 Å². The van der Waals surface area contributed by atoms with Crippen LogP contribution in [0.2, 0.25) is 0 Å². The molecule has 1 aromatic rings. The molecule has 12 heteroatoms. The molecule has 0 radical (unpaired) electrons. The molecule has 0 aliphatic carbocycles. The third kappa shape index (κ3) is 6.48. The van der Waals surface area contributed by atoms with Gasteiger partial charge in [0.1, 0.15) is 5.76 Å². The van der Waals surface area contributed by atoms with Gasteiger partial charge in [0.15, 0.2) is 0 Å². The van der Waals surface area contributed by atoms with E-state index in [4.69, 9.17) is 19.1 Å². The molecule has 2 aliphatic rings. The molecule has 3 atom stereocenters. The van der Waals surface area contributed by atoms with Gasteiger partial charge in [-0.25, -0.2) is 17.9 Å². The molecule has 154 valence electrons. The number of hydrogen-bond donors (Lipinski definition) is 2. The number of nitrogens with one attached hydrogen (secondary N) is 1. The van der Waals surface area contributed by atoms with Crippen LogP contribution in [0.15, 0.2) is 22.8 Å². The Morgan fingerprint density at radius 1 is 1.44 bits per heavy atom. The molecule has 8 nitrogen and oxygen atoms in total. The highest BCUT2D eigenvalue weighted by atomic mass is 32.2. The summed E-state index contributed by atoms with van der Waals surface area (Å²) >= 11 is 0. The normalized spacial score (nSPS) is 26.1. The van der Waals surface area contributed by atoms with E-state index in [0.717, 1.165) is 18.6 Å². The average Bonchev–Trinajstić information content (AvgIpc) is 3.15. The molecule has 0 bridgehead atoms. The van der Waals surface area contributed by atoms with Crippen LogP contribution in [-0.4, -0.2) is 68.2 Å². The Morgan fingerprint density at radius 2 is 2.11 bits per heavy atom. The van der Waals surface area contributed by atoms with E-state index in [1.165, 1.54) is 6.26 Å². The summed E-state index contributed by atoms with van der Waals surface area (Å²) in [4.78, 5) is 11.2. The molecule has 0 saturated carbocycles. The Kier molecular flexibility index (Phi) is 6.89.